The van der Waals surface area contributed by atoms with E-state index in [1.54, 1.807) is 0 Å². The molecule has 28 heavy (non-hydrogen) atoms. The molecule has 0 aliphatic rings. The summed E-state index contributed by atoms with van der Waals surface area (Å²) in [5, 5.41) is 0. The van der Waals surface area contributed by atoms with Crippen LogP contribution in [0.4, 0.5) is 0 Å². The first-order valence-corrected chi connectivity index (χ1v) is 17.3. The SMILES string of the molecule is CCCP(CCC)(CCC)(CCC)OC=O.CCP(CC)(CC)(CC)OC=O. The molecule has 0 N–H and O–H groups in total. The maximum atomic E-state index is 10.9. The fourth-order valence-corrected chi connectivity index (χ4v) is 15.1. The van der Waals surface area contributed by atoms with Crippen molar-refractivity contribution in [3.63, 3.8) is 0 Å². The molecule has 6 heteroatoms. The molecule has 172 valence electrons. The summed E-state index contributed by atoms with van der Waals surface area (Å²) < 4.78 is 11.3. The second-order valence-electron chi connectivity index (χ2n) is 8.28. The van der Waals surface area contributed by atoms with Crippen LogP contribution in [0.3, 0.4) is 0 Å². The van der Waals surface area contributed by atoms with Crippen LogP contribution < -0.4 is 0 Å². The molecule has 4 nitrogen and oxygen atoms in total. The first-order valence-electron chi connectivity index (χ1n) is 11.5. The van der Waals surface area contributed by atoms with Gasteiger partial charge in [0.15, 0.2) is 0 Å². The van der Waals surface area contributed by atoms with Crippen LogP contribution >= 0.6 is 13.7 Å². The molecule has 0 spiro atoms. The average molecular weight is 441 g/mol. The standard InChI is InChI=1S/C13H29O2P.C9H21O2P/c1-5-9-16(10-6-2,11-7-3,12-8-4)15-13-14;1-5-12(6-2,7-3,8-4)11-9-10/h13H,5-12H2,1-4H3;9H,5-8H2,1-4H3. The summed E-state index contributed by atoms with van der Waals surface area (Å²) in [6.07, 6.45) is 13.1. The second-order valence-corrected chi connectivity index (χ2v) is 20.5. The molecule has 0 rings (SSSR count). The molecule has 0 aliphatic carbocycles. The van der Waals surface area contributed by atoms with Crippen LogP contribution in [0, 0.1) is 0 Å². The van der Waals surface area contributed by atoms with Crippen molar-refractivity contribution in [1.29, 1.82) is 0 Å². The van der Waals surface area contributed by atoms with Crippen molar-refractivity contribution in [2.24, 2.45) is 0 Å². The van der Waals surface area contributed by atoms with Gasteiger partial charge in [0.1, 0.15) is 0 Å². The van der Waals surface area contributed by atoms with Gasteiger partial charge in [-0.05, 0) is 0 Å². The summed E-state index contributed by atoms with van der Waals surface area (Å²) in [5.41, 5.74) is 0. The molecule has 0 heterocycles. The molecule has 0 aromatic carbocycles. The third-order valence-electron chi connectivity index (χ3n) is 7.04. The fraction of sp³-hybridized carbons (Fsp3) is 0.909. The first-order chi connectivity index (χ1) is 13.2. The Kier molecular flexibility index (Phi) is 14.9. The number of carbonyl (C=O) groups excluding carboxylic acids is 2. The molecule has 0 aromatic rings. The summed E-state index contributed by atoms with van der Waals surface area (Å²) in [6.45, 7) is 14.5. The quantitative estimate of drug-likeness (QED) is 0.192. The number of rotatable bonds is 16. The average Bonchev–Trinajstić information content (AvgIpc) is 2.68. The van der Waals surface area contributed by atoms with Crippen molar-refractivity contribution in [2.75, 3.05) is 49.3 Å². The van der Waals surface area contributed by atoms with Crippen LogP contribution in [-0.4, -0.2) is 62.2 Å². The van der Waals surface area contributed by atoms with Gasteiger partial charge in [0.05, 0.1) is 0 Å². The summed E-state index contributed by atoms with van der Waals surface area (Å²) >= 11 is 0. The van der Waals surface area contributed by atoms with Gasteiger partial charge in [0.25, 0.3) is 0 Å². The first kappa shape index (κ1) is 30.0. The fourth-order valence-electron chi connectivity index (χ4n) is 5.03. The van der Waals surface area contributed by atoms with Crippen LogP contribution in [0.25, 0.3) is 0 Å². The zero-order chi connectivity index (χ0) is 22.2. The molecule has 0 fully saturated rings. The van der Waals surface area contributed by atoms with E-state index in [2.05, 4.69) is 55.4 Å². The minimum absolute atomic E-state index is 0.651. The Labute approximate surface area is 175 Å². The Morgan fingerprint density at radius 3 is 0.893 bits per heavy atom. The van der Waals surface area contributed by atoms with Crippen LogP contribution in [0.5, 0.6) is 0 Å². The van der Waals surface area contributed by atoms with E-state index in [0.717, 1.165) is 81.5 Å². The third kappa shape index (κ3) is 7.56. The van der Waals surface area contributed by atoms with E-state index in [0.29, 0.717) is 6.47 Å². The maximum absolute atomic E-state index is 10.9. The van der Waals surface area contributed by atoms with E-state index < -0.39 is 13.7 Å². The molecule has 0 atom stereocenters. The predicted molar refractivity (Wildman–Crippen MR) is 131 cm³/mol. The summed E-state index contributed by atoms with van der Waals surface area (Å²) in [4.78, 5) is 21.4. The molecule has 0 radical (unpaired) electrons. The summed E-state index contributed by atoms with van der Waals surface area (Å²) in [7, 11) is 0. The molecule has 0 amide bonds. The van der Waals surface area contributed by atoms with Gasteiger partial charge < -0.3 is 0 Å². The molecule has 0 saturated heterocycles. The van der Waals surface area contributed by atoms with Gasteiger partial charge in [0, 0.05) is 0 Å². The van der Waals surface area contributed by atoms with Gasteiger partial charge in [-0.1, -0.05) is 0 Å². The van der Waals surface area contributed by atoms with Gasteiger partial charge in [-0.25, -0.2) is 0 Å². The van der Waals surface area contributed by atoms with Crippen molar-refractivity contribution >= 4 is 26.6 Å². The number of carbonyl (C=O) groups is 2. The Bertz CT molecular complexity index is 377. The van der Waals surface area contributed by atoms with E-state index in [4.69, 9.17) is 9.05 Å². The zero-order valence-electron chi connectivity index (χ0n) is 20.2. The van der Waals surface area contributed by atoms with E-state index in [-0.39, 0.29) is 0 Å². The van der Waals surface area contributed by atoms with Gasteiger partial charge in [-0.15, -0.1) is 0 Å². The van der Waals surface area contributed by atoms with Crippen LogP contribution in [-0.2, 0) is 18.6 Å². The van der Waals surface area contributed by atoms with E-state index in [9.17, 15) is 9.59 Å². The second kappa shape index (κ2) is 13.9. The Balaban J connectivity index is 0. The van der Waals surface area contributed by atoms with Crippen molar-refractivity contribution in [2.45, 2.75) is 81.1 Å². The van der Waals surface area contributed by atoms with Crippen molar-refractivity contribution in [3.05, 3.63) is 0 Å². The van der Waals surface area contributed by atoms with Gasteiger partial charge in [0.2, 0.25) is 0 Å². The third-order valence-corrected chi connectivity index (χ3v) is 21.1. The predicted octanol–water partition coefficient (Wildman–Crippen LogP) is 6.98. The molecule has 0 aromatic heterocycles. The molecule has 0 saturated carbocycles. The molecule has 0 bridgehead atoms. The molecule has 0 unspecified atom stereocenters. The number of hydrogen-bond acceptors (Lipinski definition) is 4. The van der Waals surface area contributed by atoms with E-state index in [1.807, 2.05) is 0 Å². The topological polar surface area (TPSA) is 52.6 Å². The van der Waals surface area contributed by atoms with Crippen molar-refractivity contribution in [1.82, 2.24) is 0 Å². The van der Waals surface area contributed by atoms with Gasteiger partial charge in [-0.2, -0.15) is 0 Å². The Morgan fingerprint density at radius 1 is 0.500 bits per heavy atom. The zero-order valence-corrected chi connectivity index (χ0v) is 22.0. The molecule has 0 aliphatic heterocycles. The van der Waals surface area contributed by atoms with E-state index >= 15 is 0 Å². The van der Waals surface area contributed by atoms with Crippen molar-refractivity contribution in [3.8, 4) is 0 Å². The molecular formula is C22H50O4P2. The van der Waals surface area contributed by atoms with Crippen LogP contribution in [0.2, 0.25) is 0 Å². The Morgan fingerprint density at radius 2 is 0.750 bits per heavy atom. The van der Waals surface area contributed by atoms with Gasteiger partial charge >= 0.3 is 176 Å². The van der Waals surface area contributed by atoms with Gasteiger partial charge in [-0.3, -0.25) is 0 Å². The number of hydrogen-bond donors (Lipinski definition) is 0. The van der Waals surface area contributed by atoms with E-state index in [1.165, 1.54) is 0 Å². The van der Waals surface area contributed by atoms with Crippen LogP contribution in [0.1, 0.15) is 81.1 Å². The van der Waals surface area contributed by atoms with Crippen LogP contribution in [0.15, 0.2) is 0 Å². The summed E-state index contributed by atoms with van der Waals surface area (Å²) in [6, 6.07) is 0. The minimum atomic E-state index is -2.19. The summed E-state index contributed by atoms with van der Waals surface area (Å²) in [5.74, 6) is 0. The Hall–Kier alpha value is -0.200. The normalized spacial score (nSPS) is 14.4. The van der Waals surface area contributed by atoms with Crippen molar-refractivity contribution < 1.29 is 18.6 Å². The monoisotopic (exact) mass is 440 g/mol. The molecular weight excluding hydrogens is 390 g/mol.